The third kappa shape index (κ3) is 3.65. The molecule has 2 aliphatic rings. The van der Waals surface area contributed by atoms with Crippen molar-refractivity contribution in [3.63, 3.8) is 0 Å². The van der Waals surface area contributed by atoms with Crippen molar-refractivity contribution in [2.75, 3.05) is 45.9 Å². The molecule has 0 spiro atoms. The smallest absolute Gasteiger partial charge is 0.252 e. The molecule has 0 saturated carbocycles. The first-order valence-electron chi connectivity index (χ1n) is 7.50. The Morgan fingerprint density at radius 2 is 1.90 bits per heavy atom. The summed E-state index contributed by atoms with van der Waals surface area (Å²) in [6.07, 6.45) is 1.92. The third-order valence-electron chi connectivity index (χ3n) is 4.28. The number of morpholine rings is 1. The number of rotatable bonds is 4. The van der Waals surface area contributed by atoms with Crippen molar-refractivity contribution in [2.45, 2.75) is 17.1 Å². The Balaban J connectivity index is 1.53. The topological polar surface area (TPSA) is 49.9 Å². The molecule has 0 N–H and O–H groups in total. The second kappa shape index (κ2) is 6.75. The summed E-state index contributed by atoms with van der Waals surface area (Å²) >= 11 is 1.30. The highest BCUT2D eigenvalue weighted by Gasteiger charge is 2.30. The predicted octanol–water partition coefficient (Wildman–Crippen LogP) is 1.48. The van der Waals surface area contributed by atoms with Crippen LogP contribution in [0, 0.1) is 5.92 Å². The van der Waals surface area contributed by atoms with Crippen LogP contribution in [0.15, 0.2) is 21.7 Å². The van der Waals surface area contributed by atoms with E-state index in [-0.39, 0.29) is 0 Å². The molecule has 21 heavy (non-hydrogen) atoms. The van der Waals surface area contributed by atoms with Gasteiger partial charge in [0, 0.05) is 32.7 Å². The van der Waals surface area contributed by atoms with E-state index in [0.717, 1.165) is 45.7 Å². The molecule has 0 unspecified atom stereocenters. The molecule has 2 saturated heterocycles. The summed E-state index contributed by atoms with van der Waals surface area (Å²) in [5.41, 5.74) is 0. The van der Waals surface area contributed by atoms with Crippen LogP contribution in [-0.2, 0) is 14.8 Å². The van der Waals surface area contributed by atoms with Gasteiger partial charge >= 0.3 is 0 Å². The van der Waals surface area contributed by atoms with E-state index in [4.69, 9.17) is 4.74 Å². The van der Waals surface area contributed by atoms with Gasteiger partial charge in [-0.05, 0) is 30.2 Å². The van der Waals surface area contributed by atoms with Crippen LogP contribution in [0.1, 0.15) is 12.8 Å². The standard InChI is InChI=1S/C14H22N2O3S2/c17-21(18,14-2-1-11-20-14)16-5-3-13(4-6-16)12-15-7-9-19-10-8-15/h1-2,11,13H,3-10,12H2. The number of hydrogen-bond acceptors (Lipinski definition) is 5. The van der Waals surface area contributed by atoms with Gasteiger partial charge in [0.2, 0.25) is 0 Å². The van der Waals surface area contributed by atoms with Crippen molar-refractivity contribution in [1.82, 2.24) is 9.21 Å². The lowest BCUT2D eigenvalue weighted by Crippen LogP contribution is -2.44. The van der Waals surface area contributed by atoms with Crippen molar-refractivity contribution in [3.05, 3.63) is 17.5 Å². The fraction of sp³-hybridized carbons (Fsp3) is 0.714. The van der Waals surface area contributed by atoms with Crippen LogP contribution in [0.4, 0.5) is 0 Å². The number of sulfonamides is 1. The lowest BCUT2D eigenvalue weighted by Gasteiger charge is -2.35. The van der Waals surface area contributed by atoms with Crippen molar-refractivity contribution < 1.29 is 13.2 Å². The summed E-state index contributed by atoms with van der Waals surface area (Å²) in [5, 5.41) is 1.82. The molecule has 0 amide bonds. The van der Waals surface area contributed by atoms with Crippen molar-refractivity contribution >= 4 is 21.4 Å². The Bertz CT molecular complexity index is 531. The van der Waals surface area contributed by atoms with E-state index < -0.39 is 10.0 Å². The van der Waals surface area contributed by atoms with E-state index in [2.05, 4.69) is 4.90 Å². The Morgan fingerprint density at radius 3 is 2.52 bits per heavy atom. The SMILES string of the molecule is O=S(=O)(c1cccs1)N1CCC(CN2CCOCC2)CC1. The average molecular weight is 330 g/mol. The molecule has 118 valence electrons. The van der Waals surface area contributed by atoms with Crippen LogP contribution in [-0.4, -0.2) is 63.6 Å². The molecule has 5 nitrogen and oxygen atoms in total. The van der Waals surface area contributed by atoms with Gasteiger partial charge in [0.15, 0.2) is 0 Å². The summed E-state index contributed by atoms with van der Waals surface area (Å²) in [4.78, 5) is 2.44. The van der Waals surface area contributed by atoms with Gasteiger partial charge in [-0.3, -0.25) is 4.90 Å². The molecule has 0 aliphatic carbocycles. The number of ether oxygens (including phenoxy) is 1. The molecular formula is C14H22N2O3S2. The fourth-order valence-electron chi connectivity index (χ4n) is 3.02. The minimum absolute atomic E-state index is 0.467. The number of piperidine rings is 1. The lowest BCUT2D eigenvalue weighted by atomic mass is 9.97. The highest BCUT2D eigenvalue weighted by molar-refractivity contribution is 7.91. The first-order chi connectivity index (χ1) is 10.2. The number of thiophene rings is 1. The van der Waals surface area contributed by atoms with Crippen LogP contribution in [0.2, 0.25) is 0 Å². The summed E-state index contributed by atoms with van der Waals surface area (Å²) < 4.78 is 32.4. The van der Waals surface area contributed by atoms with Gasteiger partial charge in [-0.2, -0.15) is 4.31 Å². The van der Waals surface area contributed by atoms with E-state index in [1.54, 1.807) is 16.4 Å². The van der Waals surface area contributed by atoms with Crippen molar-refractivity contribution in [3.8, 4) is 0 Å². The molecular weight excluding hydrogens is 308 g/mol. The largest absolute Gasteiger partial charge is 0.379 e. The van der Waals surface area contributed by atoms with Crippen molar-refractivity contribution in [1.29, 1.82) is 0 Å². The summed E-state index contributed by atoms with van der Waals surface area (Å²) in [7, 11) is -3.26. The molecule has 1 aromatic heterocycles. The highest BCUT2D eigenvalue weighted by Crippen LogP contribution is 2.26. The normalized spacial score (nSPS) is 23.4. The quantitative estimate of drug-likeness (QED) is 0.839. The zero-order valence-electron chi connectivity index (χ0n) is 12.1. The molecule has 1 aromatic rings. The first-order valence-corrected chi connectivity index (χ1v) is 9.82. The molecule has 3 heterocycles. The van der Waals surface area contributed by atoms with Crippen LogP contribution in [0.5, 0.6) is 0 Å². The second-order valence-corrected chi connectivity index (χ2v) is 8.80. The Hall–Kier alpha value is -0.470. The van der Waals surface area contributed by atoms with Gasteiger partial charge in [0.1, 0.15) is 4.21 Å². The molecule has 2 fully saturated rings. The van der Waals surface area contributed by atoms with Gasteiger partial charge in [0.25, 0.3) is 10.0 Å². The molecule has 3 rings (SSSR count). The van der Waals surface area contributed by atoms with Gasteiger partial charge < -0.3 is 4.74 Å². The summed E-state index contributed by atoms with van der Waals surface area (Å²) in [6.45, 7) is 6.04. The maximum absolute atomic E-state index is 12.5. The Morgan fingerprint density at radius 1 is 1.19 bits per heavy atom. The van der Waals surface area contributed by atoms with Crippen LogP contribution >= 0.6 is 11.3 Å². The van der Waals surface area contributed by atoms with Crippen LogP contribution in [0.3, 0.4) is 0 Å². The van der Waals surface area contributed by atoms with Crippen LogP contribution in [0.25, 0.3) is 0 Å². The highest BCUT2D eigenvalue weighted by atomic mass is 32.2. The van der Waals surface area contributed by atoms with E-state index >= 15 is 0 Å². The molecule has 0 atom stereocenters. The van der Waals surface area contributed by atoms with Crippen LogP contribution < -0.4 is 0 Å². The average Bonchev–Trinajstić information content (AvgIpc) is 3.04. The fourth-order valence-corrected chi connectivity index (χ4v) is 5.63. The summed E-state index contributed by atoms with van der Waals surface area (Å²) in [6, 6.07) is 3.49. The van der Waals surface area contributed by atoms with E-state index in [1.165, 1.54) is 11.3 Å². The van der Waals surface area contributed by atoms with Crippen molar-refractivity contribution in [2.24, 2.45) is 5.92 Å². The van der Waals surface area contributed by atoms with Gasteiger partial charge in [-0.1, -0.05) is 6.07 Å². The lowest BCUT2D eigenvalue weighted by molar-refractivity contribution is 0.0269. The number of hydrogen-bond donors (Lipinski definition) is 0. The molecule has 0 aromatic carbocycles. The van der Waals surface area contributed by atoms with Gasteiger partial charge in [-0.25, -0.2) is 8.42 Å². The first kappa shape index (κ1) is 15.4. The zero-order valence-corrected chi connectivity index (χ0v) is 13.7. The maximum Gasteiger partial charge on any atom is 0.252 e. The Labute approximate surface area is 130 Å². The minimum Gasteiger partial charge on any atom is -0.379 e. The molecule has 7 heteroatoms. The molecule has 0 bridgehead atoms. The second-order valence-electron chi connectivity index (χ2n) is 5.69. The number of nitrogens with zero attached hydrogens (tertiary/aromatic N) is 2. The minimum atomic E-state index is -3.26. The third-order valence-corrected chi connectivity index (χ3v) is 7.55. The van der Waals surface area contributed by atoms with Gasteiger partial charge in [-0.15, -0.1) is 11.3 Å². The van der Waals surface area contributed by atoms with E-state index in [1.807, 2.05) is 5.38 Å². The summed E-state index contributed by atoms with van der Waals surface area (Å²) in [5.74, 6) is 0.609. The van der Waals surface area contributed by atoms with E-state index in [0.29, 0.717) is 23.2 Å². The Kier molecular flexibility index (Phi) is 4.96. The van der Waals surface area contributed by atoms with E-state index in [9.17, 15) is 8.42 Å². The van der Waals surface area contributed by atoms with Gasteiger partial charge in [0.05, 0.1) is 13.2 Å². The monoisotopic (exact) mass is 330 g/mol. The molecule has 2 aliphatic heterocycles. The maximum atomic E-state index is 12.5. The zero-order chi connectivity index (χ0) is 14.7. The molecule has 0 radical (unpaired) electrons. The predicted molar refractivity (Wildman–Crippen MR) is 83.1 cm³/mol.